The summed E-state index contributed by atoms with van der Waals surface area (Å²) in [7, 11) is 1.99. The molecule has 1 N–H and O–H groups in total. The van der Waals surface area contributed by atoms with E-state index < -0.39 is 22.6 Å². The molecule has 2 saturated carbocycles. The second-order valence-electron chi connectivity index (χ2n) is 12.9. The molecule has 2 saturated heterocycles. The predicted molar refractivity (Wildman–Crippen MR) is 146 cm³/mol. The molecule has 1 unspecified atom stereocenters. The van der Waals surface area contributed by atoms with E-state index in [0.29, 0.717) is 42.0 Å². The van der Waals surface area contributed by atoms with Gasteiger partial charge in [-0.2, -0.15) is 18.3 Å². The van der Waals surface area contributed by atoms with E-state index in [0.717, 1.165) is 50.3 Å². The Morgan fingerprint density at radius 3 is 2.24 bits per heavy atom. The number of benzene rings is 1. The fraction of sp³-hybridized carbons (Fsp3) is 0.581. The molecule has 10 heteroatoms. The number of alkyl halides is 3. The van der Waals surface area contributed by atoms with E-state index in [-0.39, 0.29) is 18.4 Å². The van der Waals surface area contributed by atoms with Gasteiger partial charge in [0.1, 0.15) is 11.4 Å². The standard InChI is InChI=1S/C31H36F3N5O2/c1-28(18-38(2)19-28)30(40,23-5-3-22(4-6-23)29(11-12-29)31(32,33)34)24-15-21(16-35-17-24)26-36-27(20-9-13-41-14-10-20)39(37-26)25-7-8-25/h3-6,15-17,20,25,40H,7-14,18-19H2,1-2H3. The van der Waals surface area contributed by atoms with Gasteiger partial charge in [0.15, 0.2) is 5.82 Å². The summed E-state index contributed by atoms with van der Waals surface area (Å²) in [5, 5.41) is 17.5. The number of nitrogens with zero attached hydrogens (tertiary/aromatic N) is 5. The zero-order valence-corrected chi connectivity index (χ0v) is 23.5. The second-order valence-corrected chi connectivity index (χ2v) is 12.9. The van der Waals surface area contributed by atoms with Crippen LogP contribution in [-0.4, -0.2) is 69.3 Å². The van der Waals surface area contributed by atoms with Crippen LogP contribution >= 0.6 is 0 Å². The number of aliphatic hydroxyl groups is 1. The lowest BCUT2D eigenvalue weighted by atomic mass is 9.62. The Morgan fingerprint density at radius 2 is 1.66 bits per heavy atom. The van der Waals surface area contributed by atoms with Crippen LogP contribution in [0, 0.1) is 5.41 Å². The number of hydrogen-bond donors (Lipinski definition) is 1. The maximum Gasteiger partial charge on any atom is 0.398 e. The average molecular weight is 568 g/mol. The van der Waals surface area contributed by atoms with Gasteiger partial charge < -0.3 is 14.7 Å². The maximum absolute atomic E-state index is 13.8. The van der Waals surface area contributed by atoms with Crippen LogP contribution < -0.4 is 0 Å². The zero-order valence-electron chi connectivity index (χ0n) is 23.5. The van der Waals surface area contributed by atoms with Crippen molar-refractivity contribution < 1.29 is 23.0 Å². The van der Waals surface area contributed by atoms with Crippen molar-refractivity contribution in [1.82, 2.24) is 24.6 Å². The SMILES string of the molecule is CN1CC(C)(C(O)(c2ccc(C3(C(F)(F)F)CC3)cc2)c2cncc(-c3nc(C4CCOCC4)n(C4CC4)n3)c2)C1. The summed E-state index contributed by atoms with van der Waals surface area (Å²) in [5.41, 5.74) is -1.68. The minimum atomic E-state index is -4.29. The lowest BCUT2D eigenvalue weighted by Crippen LogP contribution is -2.63. The third-order valence-electron chi connectivity index (χ3n) is 9.81. The molecule has 0 amide bonds. The van der Waals surface area contributed by atoms with Gasteiger partial charge >= 0.3 is 6.18 Å². The molecule has 1 aromatic carbocycles. The molecule has 4 fully saturated rings. The van der Waals surface area contributed by atoms with Gasteiger partial charge in [-0.05, 0) is 62.8 Å². The Kier molecular flexibility index (Phi) is 6.16. The number of pyridine rings is 1. The molecule has 7 nitrogen and oxygen atoms in total. The van der Waals surface area contributed by atoms with Gasteiger partial charge in [0.2, 0.25) is 0 Å². The molecule has 0 bridgehead atoms. The van der Waals surface area contributed by atoms with Crippen molar-refractivity contribution in [2.75, 3.05) is 33.4 Å². The Bertz CT molecular complexity index is 1430. The lowest BCUT2D eigenvalue weighted by molar-refractivity contribution is -0.160. The molecule has 2 aliphatic heterocycles. The van der Waals surface area contributed by atoms with Gasteiger partial charge in [0, 0.05) is 61.2 Å². The third-order valence-corrected chi connectivity index (χ3v) is 9.81. The van der Waals surface area contributed by atoms with Crippen molar-refractivity contribution in [1.29, 1.82) is 0 Å². The van der Waals surface area contributed by atoms with Crippen LogP contribution in [0.4, 0.5) is 13.2 Å². The highest BCUT2D eigenvalue weighted by Gasteiger charge is 2.64. The Balaban J connectivity index is 1.28. The number of halogens is 3. The molecule has 0 radical (unpaired) electrons. The second kappa shape index (κ2) is 9.34. The predicted octanol–water partition coefficient (Wildman–Crippen LogP) is 5.35. The monoisotopic (exact) mass is 567 g/mol. The summed E-state index contributed by atoms with van der Waals surface area (Å²) in [6, 6.07) is 8.70. The van der Waals surface area contributed by atoms with Crippen molar-refractivity contribution in [2.45, 2.75) is 74.6 Å². The highest BCUT2D eigenvalue weighted by atomic mass is 19.4. The largest absolute Gasteiger partial charge is 0.398 e. The molecule has 4 heterocycles. The van der Waals surface area contributed by atoms with Crippen LogP contribution in [0.15, 0.2) is 42.7 Å². The molecule has 41 heavy (non-hydrogen) atoms. The van der Waals surface area contributed by atoms with E-state index in [2.05, 4.69) is 14.6 Å². The molecular formula is C31H36F3N5O2. The molecular weight excluding hydrogens is 531 g/mol. The molecule has 2 aromatic heterocycles. The van der Waals surface area contributed by atoms with Crippen molar-refractivity contribution in [3.8, 4) is 11.4 Å². The topological polar surface area (TPSA) is 76.3 Å². The molecule has 3 aromatic rings. The number of hydrogen-bond acceptors (Lipinski definition) is 6. The van der Waals surface area contributed by atoms with Crippen LogP contribution in [0.3, 0.4) is 0 Å². The smallest absolute Gasteiger partial charge is 0.381 e. The Hall–Kier alpha value is -2.82. The van der Waals surface area contributed by atoms with Crippen molar-refractivity contribution in [3.05, 3.63) is 65.2 Å². The number of rotatable bonds is 7. The number of aromatic nitrogens is 4. The molecule has 218 valence electrons. The lowest BCUT2D eigenvalue weighted by Gasteiger charge is -2.55. The van der Waals surface area contributed by atoms with Gasteiger partial charge in [-0.1, -0.05) is 31.2 Å². The van der Waals surface area contributed by atoms with E-state index in [4.69, 9.17) is 14.8 Å². The van der Waals surface area contributed by atoms with Crippen LogP contribution in [0.5, 0.6) is 0 Å². The van der Waals surface area contributed by atoms with Crippen LogP contribution in [-0.2, 0) is 15.8 Å². The van der Waals surface area contributed by atoms with Crippen LogP contribution in [0.1, 0.15) is 79.9 Å². The van der Waals surface area contributed by atoms with Gasteiger partial charge in [-0.15, -0.1) is 0 Å². The first kappa shape index (κ1) is 27.0. The highest BCUT2D eigenvalue weighted by molar-refractivity contribution is 5.57. The average Bonchev–Trinajstić information content (AvgIpc) is 3.89. The molecule has 0 spiro atoms. The minimum Gasteiger partial charge on any atom is -0.381 e. The fourth-order valence-corrected chi connectivity index (χ4v) is 7.17. The summed E-state index contributed by atoms with van der Waals surface area (Å²) >= 11 is 0. The first-order valence-electron chi connectivity index (χ1n) is 14.6. The van der Waals surface area contributed by atoms with Gasteiger partial charge in [0.05, 0.1) is 11.5 Å². The Labute approximate surface area is 237 Å². The summed E-state index contributed by atoms with van der Waals surface area (Å²) in [6.07, 6.45) is 3.32. The molecule has 2 aliphatic carbocycles. The first-order chi connectivity index (χ1) is 19.5. The first-order valence-corrected chi connectivity index (χ1v) is 14.6. The molecule has 7 rings (SSSR count). The molecule has 4 aliphatic rings. The quantitative estimate of drug-likeness (QED) is 0.415. The van der Waals surface area contributed by atoms with Crippen molar-refractivity contribution in [2.24, 2.45) is 5.41 Å². The van der Waals surface area contributed by atoms with Crippen LogP contribution in [0.25, 0.3) is 11.4 Å². The Morgan fingerprint density at radius 1 is 0.976 bits per heavy atom. The van der Waals surface area contributed by atoms with Gasteiger partial charge in [-0.25, -0.2) is 9.67 Å². The summed E-state index contributed by atoms with van der Waals surface area (Å²) in [5.74, 6) is 1.88. The van der Waals surface area contributed by atoms with Crippen molar-refractivity contribution >= 4 is 0 Å². The summed E-state index contributed by atoms with van der Waals surface area (Å²) in [4.78, 5) is 11.6. The minimum absolute atomic E-state index is 0.102. The number of ether oxygens (including phenoxy) is 1. The summed E-state index contributed by atoms with van der Waals surface area (Å²) in [6.45, 7) is 4.72. The summed E-state index contributed by atoms with van der Waals surface area (Å²) < 4.78 is 49.1. The van der Waals surface area contributed by atoms with Gasteiger partial charge in [-0.3, -0.25) is 4.98 Å². The van der Waals surface area contributed by atoms with E-state index in [1.165, 1.54) is 0 Å². The van der Waals surface area contributed by atoms with Crippen molar-refractivity contribution in [3.63, 3.8) is 0 Å². The normalized spacial score (nSPS) is 24.0. The third kappa shape index (κ3) is 4.32. The van der Waals surface area contributed by atoms with E-state index in [9.17, 15) is 18.3 Å². The van der Waals surface area contributed by atoms with E-state index in [1.54, 1.807) is 36.7 Å². The highest BCUT2D eigenvalue weighted by Crippen LogP contribution is 2.59. The van der Waals surface area contributed by atoms with E-state index >= 15 is 0 Å². The fourth-order valence-electron chi connectivity index (χ4n) is 7.17. The maximum atomic E-state index is 13.8. The number of likely N-dealkylation sites (tertiary alicyclic amines) is 1. The zero-order chi connectivity index (χ0) is 28.6. The molecule has 1 atom stereocenters. The van der Waals surface area contributed by atoms with E-state index in [1.807, 2.05) is 20.0 Å². The van der Waals surface area contributed by atoms with Gasteiger partial charge in [0.25, 0.3) is 0 Å². The van der Waals surface area contributed by atoms with Crippen LogP contribution in [0.2, 0.25) is 0 Å².